The molecule has 4 nitrogen and oxygen atoms in total. The van der Waals surface area contributed by atoms with Crippen LogP contribution in [-0.2, 0) is 0 Å². The first kappa shape index (κ1) is 14.5. The summed E-state index contributed by atoms with van der Waals surface area (Å²) in [6.45, 7) is 2.55. The smallest absolute Gasteiger partial charge is 0.119 e. The molecule has 0 saturated carbocycles. The number of nitrogens with zero attached hydrogens (tertiary/aromatic N) is 1. The standard InChI is InChI=1S/C16H20N2O2/c1-12(14-4-3-5-15(10-14)20-2)18-11-16(19)13-6-8-17-9-7-13/h3-10,12,16,18-19H,11H2,1-2H3. The lowest BCUT2D eigenvalue weighted by Gasteiger charge is -2.18. The fourth-order valence-electron chi connectivity index (χ4n) is 2.02. The number of hydrogen-bond acceptors (Lipinski definition) is 4. The van der Waals surface area contributed by atoms with Crippen molar-refractivity contribution in [3.63, 3.8) is 0 Å². The highest BCUT2D eigenvalue weighted by atomic mass is 16.5. The van der Waals surface area contributed by atoms with Gasteiger partial charge in [-0.15, -0.1) is 0 Å². The number of aliphatic hydroxyl groups excluding tert-OH is 1. The Balaban J connectivity index is 1.93. The van der Waals surface area contributed by atoms with Crippen molar-refractivity contribution in [2.45, 2.75) is 19.1 Å². The molecule has 1 aromatic heterocycles. The molecule has 0 radical (unpaired) electrons. The number of benzene rings is 1. The minimum atomic E-state index is -0.536. The molecule has 0 aliphatic heterocycles. The van der Waals surface area contributed by atoms with E-state index in [9.17, 15) is 5.11 Å². The van der Waals surface area contributed by atoms with E-state index in [1.807, 2.05) is 36.4 Å². The summed E-state index contributed by atoms with van der Waals surface area (Å²) in [4.78, 5) is 3.94. The van der Waals surface area contributed by atoms with Gasteiger partial charge in [-0.1, -0.05) is 12.1 Å². The molecular weight excluding hydrogens is 252 g/mol. The number of rotatable bonds is 6. The molecule has 106 valence electrons. The van der Waals surface area contributed by atoms with Crippen LogP contribution in [0.25, 0.3) is 0 Å². The van der Waals surface area contributed by atoms with E-state index in [0.717, 1.165) is 16.9 Å². The van der Waals surface area contributed by atoms with Crippen LogP contribution in [0.15, 0.2) is 48.8 Å². The Morgan fingerprint density at radius 1 is 1.20 bits per heavy atom. The fourth-order valence-corrected chi connectivity index (χ4v) is 2.02. The molecular formula is C16H20N2O2. The van der Waals surface area contributed by atoms with E-state index in [1.54, 1.807) is 19.5 Å². The Labute approximate surface area is 119 Å². The summed E-state index contributed by atoms with van der Waals surface area (Å²) in [5.74, 6) is 0.839. The second kappa shape index (κ2) is 7.03. The van der Waals surface area contributed by atoms with Gasteiger partial charge in [-0.3, -0.25) is 4.98 Å². The van der Waals surface area contributed by atoms with Crippen molar-refractivity contribution in [3.8, 4) is 5.75 Å². The van der Waals surface area contributed by atoms with Crippen LogP contribution in [0.1, 0.15) is 30.2 Å². The fraction of sp³-hybridized carbons (Fsp3) is 0.312. The third-order valence-electron chi connectivity index (χ3n) is 3.30. The summed E-state index contributed by atoms with van der Waals surface area (Å²) in [7, 11) is 1.66. The highest BCUT2D eigenvalue weighted by Crippen LogP contribution is 2.19. The van der Waals surface area contributed by atoms with Gasteiger partial charge in [0.25, 0.3) is 0 Å². The largest absolute Gasteiger partial charge is 0.497 e. The van der Waals surface area contributed by atoms with Crippen LogP contribution < -0.4 is 10.1 Å². The molecule has 2 unspecified atom stereocenters. The summed E-state index contributed by atoms with van der Waals surface area (Å²) >= 11 is 0. The molecule has 0 amide bonds. The number of nitrogens with one attached hydrogen (secondary N) is 1. The first-order chi connectivity index (χ1) is 9.70. The Morgan fingerprint density at radius 3 is 2.65 bits per heavy atom. The van der Waals surface area contributed by atoms with Crippen LogP contribution in [-0.4, -0.2) is 23.7 Å². The number of hydrogen-bond donors (Lipinski definition) is 2. The lowest BCUT2D eigenvalue weighted by atomic mass is 10.1. The summed E-state index contributed by atoms with van der Waals surface area (Å²) in [6.07, 6.45) is 2.83. The highest BCUT2D eigenvalue weighted by molar-refractivity contribution is 5.30. The Kier molecular flexibility index (Phi) is 5.09. The Bertz CT molecular complexity index is 531. The van der Waals surface area contributed by atoms with Gasteiger partial charge in [-0.2, -0.15) is 0 Å². The number of methoxy groups -OCH3 is 1. The van der Waals surface area contributed by atoms with Crippen LogP contribution >= 0.6 is 0 Å². The van der Waals surface area contributed by atoms with Gasteiger partial charge >= 0.3 is 0 Å². The van der Waals surface area contributed by atoms with Crippen molar-refractivity contribution >= 4 is 0 Å². The van der Waals surface area contributed by atoms with Gasteiger partial charge in [0.1, 0.15) is 5.75 Å². The SMILES string of the molecule is COc1cccc(C(C)NCC(O)c2ccncc2)c1. The van der Waals surface area contributed by atoms with Gasteiger partial charge in [-0.25, -0.2) is 0 Å². The quantitative estimate of drug-likeness (QED) is 0.848. The van der Waals surface area contributed by atoms with Gasteiger partial charge in [0.15, 0.2) is 0 Å². The predicted octanol–water partition coefficient (Wildman–Crippen LogP) is 2.47. The van der Waals surface area contributed by atoms with Gasteiger partial charge < -0.3 is 15.2 Å². The average molecular weight is 272 g/mol. The van der Waals surface area contributed by atoms with E-state index >= 15 is 0 Å². The van der Waals surface area contributed by atoms with Crippen LogP contribution in [0.5, 0.6) is 5.75 Å². The second-order valence-electron chi connectivity index (χ2n) is 4.70. The molecule has 4 heteroatoms. The monoisotopic (exact) mass is 272 g/mol. The number of aliphatic hydroxyl groups is 1. The number of ether oxygens (including phenoxy) is 1. The van der Waals surface area contributed by atoms with E-state index in [0.29, 0.717) is 6.54 Å². The van der Waals surface area contributed by atoms with Crippen LogP contribution in [0.2, 0.25) is 0 Å². The molecule has 2 N–H and O–H groups in total. The minimum absolute atomic E-state index is 0.140. The normalized spacial score (nSPS) is 13.8. The third kappa shape index (κ3) is 3.79. The van der Waals surface area contributed by atoms with Crippen molar-refractivity contribution < 1.29 is 9.84 Å². The summed E-state index contributed by atoms with van der Waals surface area (Å²) in [5.41, 5.74) is 2.00. The molecule has 0 aliphatic carbocycles. The molecule has 0 aliphatic rings. The first-order valence-electron chi connectivity index (χ1n) is 6.66. The topological polar surface area (TPSA) is 54.4 Å². The van der Waals surface area contributed by atoms with Crippen molar-refractivity contribution in [2.75, 3.05) is 13.7 Å². The molecule has 0 spiro atoms. The van der Waals surface area contributed by atoms with Crippen molar-refractivity contribution in [2.24, 2.45) is 0 Å². The maximum absolute atomic E-state index is 10.1. The molecule has 2 rings (SSSR count). The number of pyridine rings is 1. The zero-order valence-electron chi connectivity index (χ0n) is 11.8. The van der Waals surface area contributed by atoms with Crippen LogP contribution in [0.3, 0.4) is 0 Å². The van der Waals surface area contributed by atoms with E-state index in [2.05, 4.69) is 17.2 Å². The maximum atomic E-state index is 10.1. The molecule has 2 atom stereocenters. The van der Waals surface area contributed by atoms with E-state index in [-0.39, 0.29) is 6.04 Å². The summed E-state index contributed by atoms with van der Waals surface area (Å²) in [5, 5.41) is 13.4. The zero-order chi connectivity index (χ0) is 14.4. The van der Waals surface area contributed by atoms with E-state index in [1.165, 1.54) is 0 Å². The Morgan fingerprint density at radius 2 is 1.95 bits per heavy atom. The lowest BCUT2D eigenvalue weighted by Crippen LogP contribution is -2.24. The highest BCUT2D eigenvalue weighted by Gasteiger charge is 2.10. The van der Waals surface area contributed by atoms with Crippen molar-refractivity contribution in [1.29, 1.82) is 0 Å². The summed E-state index contributed by atoms with van der Waals surface area (Å²) < 4.78 is 5.22. The molecule has 1 aromatic carbocycles. The van der Waals surface area contributed by atoms with Crippen LogP contribution in [0.4, 0.5) is 0 Å². The molecule has 0 saturated heterocycles. The first-order valence-corrected chi connectivity index (χ1v) is 6.66. The van der Waals surface area contributed by atoms with Crippen molar-refractivity contribution in [1.82, 2.24) is 10.3 Å². The van der Waals surface area contributed by atoms with E-state index in [4.69, 9.17) is 4.74 Å². The average Bonchev–Trinajstić information content (AvgIpc) is 2.53. The second-order valence-corrected chi connectivity index (χ2v) is 4.70. The Hall–Kier alpha value is -1.91. The predicted molar refractivity (Wildman–Crippen MR) is 78.6 cm³/mol. The van der Waals surface area contributed by atoms with Gasteiger partial charge in [0, 0.05) is 25.0 Å². The maximum Gasteiger partial charge on any atom is 0.119 e. The van der Waals surface area contributed by atoms with Gasteiger partial charge in [0.05, 0.1) is 13.2 Å². The third-order valence-corrected chi connectivity index (χ3v) is 3.30. The molecule has 20 heavy (non-hydrogen) atoms. The minimum Gasteiger partial charge on any atom is -0.497 e. The summed E-state index contributed by atoms with van der Waals surface area (Å²) in [6, 6.07) is 11.7. The van der Waals surface area contributed by atoms with Gasteiger partial charge in [-0.05, 0) is 42.3 Å². The lowest BCUT2D eigenvalue weighted by molar-refractivity contribution is 0.170. The zero-order valence-corrected chi connectivity index (χ0v) is 11.8. The number of aromatic nitrogens is 1. The van der Waals surface area contributed by atoms with Crippen molar-refractivity contribution in [3.05, 3.63) is 59.9 Å². The van der Waals surface area contributed by atoms with E-state index < -0.39 is 6.10 Å². The van der Waals surface area contributed by atoms with Crippen LogP contribution in [0, 0.1) is 0 Å². The van der Waals surface area contributed by atoms with Gasteiger partial charge in [0.2, 0.25) is 0 Å². The molecule has 2 aromatic rings. The molecule has 0 bridgehead atoms. The molecule has 1 heterocycles. The molecule has 0 fully saturated rings.